The van der Waals surface area contributed by atoms with Gasteiger partial charge >= 0.3 is 5.97 Å². The van der Waals surface area contributed by atoms with E-state index in [0.29, 0.717) is 0 Å². The summed E-state index contributed by atoms with van der Waals surface area (Å²) in [6.07, 6.45) is 1.21. The van der Waals surface area contributed by atoms with Crippen molar-refractivity contribution < 1.29 is 14.7 Å². The Labute approximate surface area is 73.0 Å². The van der Waals surface area contributed by atoms with Gasteiger partial charge in [-0.3, -0.25) is 9.59 Å². The number of hydrogen-bond donors (Lipinski definition) is 2. The van der Waals surface area contributed by atoms with Gasteiger partial charge in [-0.15, -0.1) is 0 Å². The number of rotatable bonds is 3. The third kappa shape index (κ3) is 16.0. The average molecular weight is 175 g/mol. The molecular weight excluding hydrogens is 158 g/mol. The summed E-state index contributed by atoms with van der Waals surface area (Å²) in [6, 6.07) is 0. The molecule has 0 unspecified atom stereocenters. The molecule has 0 saturated carbocycles. The van der Waals surface area contributed by atoms with Crippen molar-refractivity contribution in [3.05, 3.63) is 0 Å². The highest BCUT2D eigenvalue weighted by molar-refractivity contribution is 5.80. The molecule has 0 radical (unpaired) electrons. The van der Waals surface area contributed by atoms with Crippen molar-refractivity contribution in [2.24, 2.45) is 0 Å². The predicted octanol–water partition coefficient (Wildman–Crippen LogP) is 1.01. The zero-order valence-electron chi connectivity index (χ0n) is 7.89. The van der Waals surface area contributed by atoms with Gasteiger partial charge in [0.15, 0.2) is 0 Å². The zero-order valence-corrected chi connectivity index (χ0v) is 7.89. The maximum atomic E-state index is 10.3. The number of nitrogens with one attached hydrogen (secondary N) is 1. The van der Waals surface area contributed by atoms with Gasteiger partial charge in [0.25, 0.3) is 0 Å². The lowest BCUT2D eigenvalue weighted by molar-refractivity contribution is -0.138. The summed E-state index contributed by atoms with van der Waals surface area (Å²) >= 11 is 0. The second-order valence-electron chi connectivity index (χ2n) is 2.27. The third-order valence-electron chi connectivity index (χ3n) is 0.845. The highest BCUT2D eigenvalue weighted by Crippen LogP contribution is 1.86. The zero-order chi connectivity index (χ0) is 9.98. The Bertz CT molecular complexity index is 134. The van der Waals surface area contributed by atoms with E-state index in [2.05, 4.69) is 19.2 Å². The number of aliphatic carboxylic acids is 1. The smallest absolute Gasteiger partial charge is 0.303 e. The van der Waals surface area contributed by atoms with E-state index >= 15 is 0 Å². The molecule has 72 valence electrons. The first kappa shape index (κ1) is 13.5. The first-order valence-corrected chi connectivity index (χ1v) is 4.00. The molecular formula is C8H17NO3. The Morgan fingerprint density at radius 3 is 1.92 bits per heavy atom. The van der Waals surface area contributed by atoms with E-state index in [0.717, 1.165) is 0 Å². The number of carbonyl (C=O) groups excluding carboxylic acids is 1. The summed E-state index contributed by atoms with van der Waals surface area (Å²) in [6.45, 7) is 4.25. The molecule has 0 atom stereocenters. The van der Waals surface area contributed by atoms with Crippen LogP contribution >= 0.6 is 0 Å². The highest BCUT2D eigenvalue weighted by atomic mass is 16.4. The van der Waals surface area contributed by atoms with E-state index in [1.54, 1.807) is 0 Å². The van der Waals surface area contributed by atoms with Gasteiger partial charge in [0.2, 0.25) is 5.91 Å². The topological polar surface area (TPSA) is 66.4 Å². The number of amides is 1. The van der Waals surface area contributed by atoms with Crippen LogP contribution in [0.25, 0.3) is 0 Å². The minimum absolute atomic E-state index is 0.0613. The number of hydrogen-bond acceptors (Lipinski definition) is 2. The van der Waals surface area contributed by atoms with Gasteiger partial charge in [-0.2, -0.15) is 0 Å². The number of carbonyl (C=O) groups is 2. The second-order valence-corrected chi connectivity index (χ2v) is 2.27. The van der Waals surface area contributed by atoms with Crippen molar-refractivity contribution in [1.82, 2.24) is 5.32 Å². The number of carboxylic acid groups (broad SMARTS) is 1. The van der Waals surface area contributed by atoms with E-state index < -0.39 is 5.97 Å². The lowest BCUT2D eigenvalue weighted by Gasteiger charge is -1.93. The minimum Gasteiger partial charge on any atom is -0.481 e. The summed E-state index contributed by atoms with van der Waals surface area (Å²) in [7, 11) is 1.48. The largest absolute Gasteiger partial charge is 0.481 e. The fourth-order valence-corrected chi connectivity index (χ4v) is 0.345. The first-order chi connectivity index (χ1) is 5.58. The van der Waals surface area contributed by atoms with Gasteiger partial charge in [-0.05, 0) is 0 Å². The maximum absolute atomic E-state index is 10.3. The van der Waals surface area contributed by atoms with Crippen LogP contribution in [0.5, 0.6) is 0 Å². The normalized spacial score (nSPS) is 7.92. The van der Waals surface area contributed by atoms with Crippen LogP contribution in [0.4, 0.5) is 0 Å². The first-order valence-electron chi connectivity index (χ1n) is 4.00. The van der Waals surface area contributed by atoms with Crippen molar-refractivity contribution in [3.63, 3.8) is 0 Å². The third-order valence-corrected chi connectivity index (χ3v) is 0.845. The van der Waals surface area contributed by atoms with Crippen molar-refractivity contribution in [2.75, 3.05) is 7.05 Å². The quantitative estimate of drug-likeness (QED) is 0.672. The Hall–Kier alpha value is -1.06. The minimum atomic E-state index is -0.946. The van der Waals surface area contributed by atoms with E-state index in [9.17, 15) is 9.59 Å². The molecule has 0 aromatic carbocycles. The van der Waals surface area contributed by atoms with Crippen molar-refractivity contribution in [1.29, 1.82) is 0 Å². The standard InChI is InChI=1S/C5H9NO3.C3H8/c1-6-4(7)2-3-5(8)9;1-3-2/h2-3H2,1H3,(H,6,7)(H,8,9);3H2,1-2H3. The Morgan fingerprint density at radius 1 is 1.25 bits per heavy atom. The summed E-state index contributed by atoms with van der Waals surface area (Å²) in [5.74, 6) is -1.18. The van der Waals surface area contributed by atoms with E-state index in [-0.39, 0.29) is 18.7 Å². The molecule has 2 N–H and O–H groups in total. The lowest BCUT2D eigenvalue weighted by Crippen LogP contribution is -2.18. The molecule has 0 rings (SSSR count). The van der Waals surface area contributed by atoms with Crippen LogP contribution in [-0.4, -0.2) is 24.0 Å². The summed E-state index contributed by atoms with van der Waals surface area (Å²) in [5, 5.41) is 10.4. The van der Waals surface area contributed by atoms with Gasteiger partial charge in [0.1, 0.15) is 0 Å². The molecule has 0 aliphatic heterocycles. The molecule has 0 aromatic rings. The molecule has 0 heterocycles. The van der Waals surface area contributed by atoms with Gasteiger partial charge in [0.05, 0.1) is 6.42 Å². The fourth-order valence-electron chi connectivity index (χ4n) is 0.345. The molecule has 0 spiro atoms. The van der Waals surface area contributed by atoms with E-state index in [1.807, 2.05) is 0 Å². The van der Waals surface area contributed by atoms with Gasteiger partial charge in [-0.25, -0.2) is 0 Å². The second kappa shape index (κ2) is 9.94. The Balaban J connectivity index is 0. The highest BCUT2D eigenvalue weighted by Gasteiger charge is 2.00. The molecule has 0 fully saturated rings. The summed E-state index contributed by atoms with van der Waals surface area (Å²) < 4.78 is 0. The van der Waals surface area contributed by atoms with Crippen LogP contribution in [0.15, 0.2) is 0 Å². The molecule has 0 saturated heterocycles. The molecule has 1 amide bonds. The maximum Gasteiger partial charge on any atom is 0.303 e. The Kier molecular flexibility index (Phi) is 11.2. The van der Waals surface area contributed by atoms with Crippen LogP contribution in [-0.2, 0) is 9.59 Å². The molecule has 0 aliphatic rings. The average Bonchev–Trinajstić information content (AvgIpc) is 2.01. The molecule has 0 aliphatic carbocycles. The molecule has 12 heavy (non-hydrogen) atoms. The van der Waals surface area contributed by atoms with Crippen LogP contribution in [0.2, 0.25) is 0 Å². The lowest BCUT2D eigenvalue weighted by atomic mass is 10.3. The summed E-state index contributed by atoms with van der Waals surface area (Å²) in [5.41, 5.74) is 0. The van der Waals surface area contributed by atoms with E-state index in [4.69, 9.17) is 5.11 Å². The van der Waals surface area contributed by atoms with Crippen molar-refractivity contribution in [2.45, 2.75) is 33.1 Å². The molecule has 0 aromatic heterocycles. The van der Waals surface area contributed by atoms with Gasteiger partial charge < -0.3 is 10.4 Å². The molecule has 4 heteroatoms. The van der Waals surface area contributed by atoms with Crippen molar-refractivity contribution >= 4 is 11.9 Å². The monoisotopic (exact) mass is 175 g/mol. The Morgan fingerprint density at radius 2 is 1.67 bits per heavy atom. The SMILES string of the molecule is CCC.CNC(=O)CCC(=O)O. The van der Waals surface area contributed by atoms with Gasteiger partial charge in [-0.1, -0.05) is 20.3 Å². The summed E-state index contributed by atoms with van der Waals surface area (Å²) in [4.78, 5) is 20.2. The fraction of sp³-hybridized carbons (Fsp3) is 0.750. The van der Waals surface area contributed by atoms with Crippen LogP contribution < -0.4 is 5.32 Å². The van der Waals surface area contributed by atoms with Crippen LogP contribution in [0.1, 0.15) is 33.1 Å². The van der Waals surface area contributed by atoms with Crippen LogP contribution in [0, 0.1) is 0 Å². The molecule has 0 bridgehead atoms. The van der Waals surface area contributed by atoms with Crippen LogP contribution in [0.3, 0.4) is 0 Å². The van der Waals surface area contributed by atoms with Crippen molar-refractivity contribution in [3.8, 4) is 0 Å². The predicted molar refractivity (Wildman–Crippen MR) is 46.9 cm³/mol. The van der Waals surface area contributed by atoms with Gasteiger partial charge in [0, 0.05) is 13.5 Å². The number of carboxylic acids is 1. The van der Waals surface area contributed by atoms with E-state index in [1.165, 1.54) is 13.5 Å². The molecule has 4 nitrogen and oxygen atoms in total.